The quantitative estimate of drug-likeness (QED) is 0.331. The van der Waals surface area contributed by atoms with Gasteiger partial charge in [0.1, 0.15) is 11.4 Å². The Hall–Kier alpha value is -2.64. The molecule has 0 saturated heterocycles. The highest BCUT2D eigenvalue weighted by Gasteiger charge is 2.16. The molecule has 8 nitrogen and oxygen atoms in total. The summed E-state index contributed by atoms with van der Waals surface area (Å²) in [6, 6.07) is 5.37. The summed E-state index contributed by atoms with van der Waals surface area (Å²) in [5.41, 5.74) is 4.25. The van der Waals surface area contributed by atoms with Crippen LogP contribution in [-0.2, 0) is 4.74 Å². The van der Waals surface area contributed by atoms with E-state index in [1.54, 1.807) is 20.8 Å². The number of nitro groups is 1. The molecule has 0 aliphatic heterocycles. The summed E-state index contributed by atoms with van der Waals surface area (Å²) in [6.07, 6.45) is -0.718. The lowest BCUT2D eigenvalue weighted by Crippen LogP contribution is -2.44. The van der Waals surface area contributed by atoms with Crippen molar-refractivity contribution in [3.63, 3.8) is 0 Å². The van der Waals surface area contributed by atoms with Gasteiger partial charge in [0.15, 0.2) is 0 Å². The second-order valence-corrected chi connectivity index (χ2v) is 4.93. The summed E-state index contributed by atoms with van der Waals surface area (Å²) < 4.78 is 4.98. The van der Waals surface area contributed by atoms with E-state index in [4.69, 9.17) is 10.1 Å². The van der Waals surface area contributed by atoms with E-state index in [1.807, 2.05) is 0 Å². The fraction of sp³-hybridized carbons (Fsp3) is 0.333. The zero-order valence-corrected chi connectivity index (χ0v) is 11.4. The van der Waals surface area contributed by atoms with Gasteiger partial charge in [-0.1, -0.05) is 0 Å². The first-order valence-corrected chi connectivity index (χ1v) is 5.77. The molecule has 1 amide bonds. The molecule has 0 fully saturated rings. The van der Waals surface area contributed by atoms with Crippen LogP contribution < -0.4 is 10.9 Å². The lowest BCUT2D eigenvalue weighted by atomic mass is 10.2. The summed E-state index contributed by atoms with van der Waals surface area (Å²) in [6.45, 7) is 5.15. The minimum atomic E-state index is -0.718. The second kappa shape index (κ2) is 6.00. The van der Waals surface area contributed by atoms with Crippen LogP contribution in [0.3, 0.4) is 0 Å². The largest absolute Gasteiger partial charge is 0.443 e. The predicted molar refractivity (Wildman–Crippen MR) is 72.4 cm³/mol. The number of ether oxygens (including phenoxy) is 1. The maximum Gasteiger partial charge on any atom is 0.426 e. The highest BCUT2D eigenvalue weighted by atomic mass is 16.6. The third-order valence-electron chi connectivity index (χ3n) is 2.06. The Morgan fingerprint density at radius 1 is 1.25 bits per heavy atom. The Balaban J connectivity index is 2.55. The molecule has 1 aromatic rings. The summed E-state index contributed by atoms with van der Waals surface area (Å²) in [7, 11) is 0. The molecule has 0 saturated carbocycles. The van der Waals surface area contributed by atoms with E-state index in [0.717, 1.165) is 0 Å². The summed E-state index contributed by atoms with van der Waals surface area (Å²) in [5.74, 6) is -0.106. The Bertz CT molecular complexity index is 519. The second-order valence-electron chi connectivity index (χ2n) is 4.93. The maximum atomic E-state index is 11.4. The minimum absolute atomic E-state index is 0.0679. The van der Waals surface area contributed by atoms with E-state index in [9.17, 15) is 14.9 Å². The van der Waals surface area contributed by atoms with Gasteiger partial charge < -0.3 is 4.74 Å². The minimum Gasteiger partial charge on any atom is -0.443 e. The molecular weight excluding hydrogens is 264 g/mol. The first-order chi connectivity index (χ1) is 9.19. The summed E-state index contributed by atoms with van der Waals surface area (Å²) in [5, 5.41) is 18.2. The maximum absolute atomic E-state index is 11.4. The molecule has 0 heterocycles. The van der Waals surface area contributed by atoms with Crippen molar-refractivity contribution in [2.24, 2.45) is 0 Å². The number of carbonyl (C=O) groups is 1. The fourth-order valence-corrected chi connectivity index (χ4v) is 1.24. The zero-order valence-electron chi connectivity index (χ0n) is 11.4. The zero-order chi connectivity index (χ0) is 15.3. The van der Waals surface area contributed by atoms with Crippen molar-refractivity contribution < 1.29 is 14.5 Å². The van der Waals surface area contributed by atoms with Crippen LogP contribution in [0.1, 0.15) is 26.3 Å². The third-order valence-corrected chi connectivity index (χ3v) is 2.06. The van der Waals surface area contributed by atoms with Gasteiger partial charge in [-0.15, -0.1) is 0 Å². The van der Waals surface area contributed by atoms with E-state index < -0.39 is 16.6 Å². The van der Waals surface area contributed by atoms with E-state index in [1.165, 1.54) is 24.3 Å². The molecule has 0 atom stereocenters. The molecule has 0 aromatic heterocycles. The average Bonchev–Trinajstić information content (AvgIpc) is 2.34. The normalized spacial score (nSPS) is 10.6. The standard InChI is InChI=1S/C12H16N4O4/c1-12(2,3)20-11(17)15-14-10(13)8-4-6-9(7-5-8)16(18)19/h4-7H,1-3H3,(H2,13,14)(H,15,17). The first kappa shape index (κ1) is 15.4. The Labute approximate surface area is 115 Å². The van der Waals surface area contributed by atoms with Gasteiger partial charge in [-0.2, -0.15) is 0 Å². The number of carbonyl (C=O) groups excluding carboxylic acids is 1. The first-order valence-electron chi connectivity index (χ1n) is 5.77. The van der Waals surface area contributed by atoms with E-state index in [-0.39, 0.29) is 11.5 Å². The van der Waals surface area contributed by atoms with Crippen molar-refractivity contribution in [2.75, 3.05) is 0 Å². The molecule has 8 heteroatoms. The van der Waals surface area contributed by atoms with Crippen molar-refractivity contribution in [3.8, 4) is 0 Å². The third kappa shape index (κ3) is 4.92. The Morgan fingerprint density at radius 2 is 1.80 bits per heavy atom. The van der Waals surface area contributed by atoms with Gasteiger partial charge >= 0.3 is 6.09 Å². The highest BCUT2D eigenvalue weighted by Crippen LogP contribution is 2.11. The summed E-state index contributed by atoms with van der Waals surface area (Å²) >= 11 is 0. The lowest BCUT2D eigenvalue weighted by Gasteiger charge is -2.20. The van der Waals surface area contributed by atoms with Crippen LogP contribution in [0.4, 0.5) is 10.5 Å². The number of rotatable bonds is 2. The van der Waals surface area contributed by atoms with Gasteiger partial charge in [0.2, 0.25) is 0 Å². The molecule has 0 aliphatic carbocycles. The Kier molecular flexibility index (Phi) is 4.63. The van der Waals surface area contributed by atoms with E-state index in [2.05, 4.69) is 10.9 Å². The molecule has 0 bridgehead atoms. The lowest BCUT2D eigenvalue weighted by molar-refractivity contribution is -0.384. The van der Waals surface area contributed by atoms with Gasteiger partial charge in [-0.25, -0.2) is 10.2 Å². The molecule has 108 valence electrons. The van der Waals surface area contributed by atoms with Crippen molar-refractivity contribution >= 4 is 17.6 Å². The molecule has 1 aromatic carbocycles. The number of hydrogen-bond acceptors (Lipinski definition) is 5. The smallest absolute Gasteiger partial charge is 0.426 e. The SMILES string of the molecule is CC(C)(C)OC(=O)NNC(=N)c1ccc([N+](=O)[O-])cc1. The van der Waals surface area contributed by atoms with Gasteiger partial charge in [0.05, 0.1) is 4.92 Å². The molecular formula is C12H16N4O4. The molecule has 3 N–H and O–H groups in total. The van der Waals surface area contributed by atoms with Gasteiger partial charge in [-0.3, -0.25) is 20.9 Å². The number of nitro benzene ring substituents is 1. The van der Waals surface area contributed by atoms with Crippen LogP contribution in [0.5, 0.6) is 0 Å². The Morgan fingerprint density at radius 3 is 2.25 bits per heavy atom. The van der Waals surface area contributed by atoms with Gasteiger partial charge in [0, 0.05) is 17.7 Å². The van der Waals surface area contributed by atoms with E-state index in [0.29, 0.717) is 5.56 Å². The number of hydrazine groups is 1. The molecule has 0 aliphatic rings. The number of nitrogens with zero attached hydrogens (tertiary/aromatic N) is 1. The van der Waals surface area contributed by atoms with Crippen LogP contribution in [0, 0.1) is 15.5 Å². The molecule has 1 rings (SSSR count). The van der Waals surface area contributed by atoms with Gasteiger partial charge in [-0.05, 0) is 32.9 Å². The highest BCUT2D eigenvalue weighted by molar-refractivity contribution is 5.97. The van der Waals surface area contributed by atoms with Crippen molar-refractivity contribution in [1.29, 1.82) is 5.41 Å². The van der Waals surface area contributed by atoms with Crippen LogP contribution >= 0.6 is 0 Å². The fourth-order valence-electron chi connectivity index (χ4n) is 1.24. The van der Waals surface area contributed by atoms with E-state index >= 15 is 0 Å². The number of benzene rings is 1. The number of nitrogens with one attached hydrogen (secondary N) is 3. The number of amidine groups is 1. The monoisotopic (exact) mass is 280 g/mol. The average molecular weight is 280 g/mol. The molecule has 0 radical (unpaired) electrons. The van der Waals surface area contributed by atoms with Crippen LogP contribution in [0.15, 0.2) is 24.3 Å². The number of non-ortho nitro benzene ring substituents is 1. The van der Waals surface area contributed by atoms with Crippen molar-refractivity contribution in [3.05, 3.63) is 39.9 Å². The molecule has 20 heavy (non-hydrogen) atoms. The van der Waals surface area contributed by atoms with Crippen LogP contribution in [0.25, 0.3) is 0 Å². The molecule has 0 spiro atoms. The summed E-state index contributed by atoms with van der Waals surface area (Å²) in [4.78, 5) is 21.3. The topological polar surface area (TPSA) is 117 Å². The number of hydrogen-bond donors (Lipinski definition) is 3. The van der Waals surface area contributed by atoms with Crippen molar-refractivity contribution in [1.82, 2.24) is 10.9 Å². The van der Waals surface area contributed by atoms with Crippen LogP contribution in [0.2, 0.25) is 0 Å². The molecule has 0 unspecified atom stereocenters. The van der Waals surface area contributed by atoms with Crippen LogP contribution in [-0.4, -0.2) is 22.5 Å². The van der Waals surface area contributed by atoms with Gasteiger partial charge in [0.25, 0.3) is 5.69 Å². The van der Waals surface area contributed by atoms with Crippen molar-refractivity contribution in [2.45, 2.75) is 26.4 Å². The predicted octanol–water partition coefficient (Wildman–Crippen LogP) is 1.95. The number of amides is 1.